The van der Waals surface area contributed by atoms with E-state index in [1.54, 1.807) is 0 Å². The summed E-state index contributed by atoms with van der Waals surface area (Å²) in [4.78, 5) is 0.734. The van der Waals surface area contributed by atoms with Gasteiger partial charge in [0.2, 0.25) is 0 Å². The van der Waals surface area contributed by atoms with Crippen LogP contribution in [0.2, 0.25) is 0 Å². The molecule has 0 bridgehead atoms. The normalized spacial score (nSPS) is 12.5. The average Bonchev–Trinajstić information content (AvgIpc) is 2.25. The van der Waals surface area contributed by atoms with Crippen LogP contribution < -0.4 is 0 Å². The number of halogens is 3. The fourth-order valence-corrected chi connectivity index (χ4v) is 2.11. The summed E-state index contributed by atoms with van der Waals surface area (Å²) in [6, 6.07) is 4.99. The van der Waals surface area contributed by atoms with Gasteiger partial charge >= 0.3 is 6.18 Å². The minimum absolute atomic E-state index is 0.0712. The number of aliphatic hydroxyl groups is 1. The molecule has 1 rings (SSSR count). The van der Waals surface area contributed by atoms with Crippen molar-refractivity contribution in [1.82, 2.24) is 0 Å². The molecule has 1 aromatic carbocycles. The Bertz CT molecular complexity index is 421. The van der Waals surface area contributed by atoms with Gasteiger partial charge in [0.05, 0.1) is 11.3 Å². The van der Waals surface area contributed by atoms with Gasteiger partial charge in [-0.05, 0) is 24.3 Å². The van der Waals surface area contributed by atoms with Gasteiger partial charge in [-0.25, -0.2) is 0 Å². The Balaban J connectivity index is 2.68. The highest BCUT2D eigenvalue weighted by Crippen LogP contribution is 2.34. The maximum absolute atomic E-state index is 12.3. The fraction of sp³-hybridized carbons (Fsp3) is 0.385. The standard InChI is InChI=1S/C13H15F3OS/c1-9(17)12(2,3)8-18-11-6-4-10(5-7-11)13(14,15)16/h4-7,17H,1,8H2,2-3H3. The van der Waals surface area contributed by atoms with Crippen molar-refractivity contribution < 1.29 is 18.3 Å². The van der Waals surface area contributed by atoms with Crippen molar-refractivity contribution in [1.29, 1.82) is 0 Å². The summed E-state index contributed by atoms with van der Waals surface area (Å²) in [5.74, 6) is 0.621. The largest absolute Gasteiger partial charge is 0.512 e. The molecule has 0 atom stereocenters. The van der Waals surface area contributed by atoms with Crippen LogP contribution in [-0.4, -0.2) is 10.9 Å². The Labute approximate surface area is 109 Å². The van der Waals surface area contributed by atoms with E-state index in [1.807, 2.05) is 13.8 Å². The number of hydrogen-bond acceptors (Lipinski definition) is 2. The van der Waals surface area contributed by atoms with Crippen LogP contribution in [0.5, 0.6) is 0 Å². The average molecular weight is 276 g/mol. The van der Waals surface area contributed by atoms with E-state index in [2.05, 4.69) is 6.58 Å². The van der Waals surface area contributed by atoms with Crippen molar-refractivity contribution in [3.63, 3.8) is 0 Å². The fourth-order valence-electron chi connectivity index (χ4n) is 1.09. The number of alkyl halides is 3. The third kappa shape index (κ3) is 3.98. The van der Waals surface area contributed by atoms with Crippen LogP contribution >= 0.6 is 11.8 Å². The lowest BCUT2D eigenvalue weighted by atomic mass is 9.95. The Kier molecular flexibility index (Phi) is 4.37. The van der Waals surface area contributed by atoms with Gasteiger partial charge in [0.1, 0.15) is 0 Å². The van der Waals surface area contributed by atoms with Gasteiger partial charge in [-0.2, -0.15) is 13.2 Å². The van der Waals surface area contributed by atoms with Gasteiger partial charge < -0.3 is 5.11 Å². The Morgan fingerprint density at radius 2 is 1.72 bits per heavy atom. The highest BCUT2D eigenvalue weighted by molar-refractivity contribution is 7.99. The van der Waals surface area contributed by atoms with Gasteiger partial charge in [0.15, 0.2) is 0 Å². The first-order valence-electron chi connectivity index (χ1n) is 5.31. The lowest BCUT2D eigenvalue weighted by Crippen LogP contribution is -2.16. The van der Waals surface area contributed by atoms with Gasteiger partial charge in [0, 0.05) is 16.1 Å². The van der Waals surface area contributed by atoms with Crippen LogP contribution in [0.25, 0.3) is 0 Å². The van der Waals surface area contributed by atoms with E-state index in [9.17, 15) is 18.3 Å². The number of aliphatic hydroxyl groups excluding tert-OH is 1. The van der Waals surface area contributed by atoms with Crippen LogP contribution in [0, 0.1) is 5.41 Å². The lowest BCUT2D eigenvalue weighted by molar-refractivity contribution is -0.137. The second-order valence-corrected chi connectivity index (χ2v) is 5.69. The highest BCUT2D eigenvalue weighted by Gasteiger charge is 2.30. The highest BCUT2D eigenvalue weighted by atomic mass is 32.2. The summed E-state index contributed by atoms with van der Waals surface area (Å²) in [6.07, 6.45) is -4.30. The van der Waals surface area contributed by atoms with Crippen LogP contribution in [0.15, 0.2) is 41.5 Å². The maximum atomic E-state index is 12.3. The van der Waals surface area contributed by atoms with E-state index < -0.39 is 17.2 Å². The Morgan fingerprint density at radius 3 is 2.11 bits per heavy atom. The molecule has 0 aliphatic carbocycles. The van der Waals surface area contributed by atoms with Crippen LogP contribution in [0.4, 0.5) is 13.2 Å². The molecule has 0 amide bonds. The summed E-state index contributed by atoms with van der Waals surface area (Å²) >= 11 is 1.39. The zero-order chi connectivity index (χ0) is 14.0. The zero-order valence-electron chi connectivity index (χ0n) is 10.2. The van der Waals surface area contributed by atoms with Gasteiger partial charge in [-0.15, -0.1) is 11.8 Å². The van der Waals surface area contributed by atoms with Crippen LogP contribution in [0.3, 0.4) is 0 Å². The molecule has 1 N–H and O–H groups in total. The molecular weight excluding hydrogens is 261 g/mol. The summed E-state index contributed by atoms with van der Waals surface area (Å²) in [6.45, 7) is 7.13. The first-order chi connectivity index (χ1) is 8.13. The Morgan fingerprint density at radius 1 is 1.22 bits per heavy atom. The van der Waals surface area contributed by atoms with Gasteiger partial charge in [0.25, 0.3) is 0 Å². The van der Waals surface area contributed by atoms with Crippen molar-refractivity contribution in [2.45, 2.75) is 24.9 Å². The molecule has 0 aromatic heterocycles. The molecule has 0 saturated carbocycles. The smallest absolute Gasteiger partial charge is 0.416 e. The minimum Gasteiger partial charge on any atom is -0.512 e. The second-order valence-electron chi connectivity index (χ2n) is 4.64. The molecule has 5 heteroatoms. The SMILES string of the molecule is C=C(O)C(C)(C)CSc1ccc(C(F)(F)F)cc1. The monoisotopic (exact) mass is 276 g/mol. The maximum Gasteiger partial charge on any atom is 0.416 e. The molecular formula is C13H15F3OS. The van der Waals surface area contributed by atoms with Gasteiger partial charge in [-0.1, -0.05) is 20.4 Å². The predicted octanol–water partition coefficient (Wildman–Crippen LogP) is 4.90. The van der Waals surface area contributed by atoms with Crippen molar-refractivity contribution in [2.24, 2.45) is 5.41 Å². The molecule has 0 radical (unpaired) electrons. The van der Waals surface area contributed by atoms with Crippen molar-refractivity contribution >= 4 is 11.8 Å². The number of allylic oxidation sites excluding steroid dienone is 1. The number of benzene rings is 1. The molecule has 1 aromatic rings. The van der Waals surface area contributed by atoms with Crippen molar-refractivity contribution in [3.8, 4) is 0 Å². The van der Waals surface area contributed by atoms with Crippen LogP contribution in [-0.2, 0) is 6.18 Å². The number of hydrogen-bond donors (Lipinski definition) is 1. The van der Waals surface area contributed by atoms with Crippen LogP contribution in [0.1, 0.15) is 19.4 Å². The Hall–Kier alpha value is -1.10. The zero-order valence-corrected chi connectivity index (χ0v) is 11.0. The third-order valence-electron chi connectivity index (χ3n) is 2.56. The predicted molar refractivity (Wildman–Crippen MR) is 67.7 cm³/mol. The van der Waals surface area contributed by atoms with Crippen molar-refractivity contribution in [2.75, 3.05) is 5.75 Å². The summed E-state index contributed by atoms with van der Waals surface area (Å²) in [7, 11) is 0. The van der Waals surface area contributed by atoms with E-state index in [0.717, 1.165) is 17.0 Å². The molecule has 0 fully saturated rings. The van der Waals surface area contributed by atoms with E-state index in [-0.39, 0.29) is 5.76 Å². The summed E-state index contributed by atoms with van der Waals surface area (Å²) in [5, 5.41) is 9.35. The molecule has 0 spiro atoms. The lowest BCUT2D eigenvalue weighted by Gasteiger charge is -2.22. The van der Waals surface area contributed by atoms with E-state index in [4.69, 9.17) is 0 Å². The van der Waals surface area contributed by atoms with E-state index in [1.165, 1.54) is 23.9 Å². The molecule has 0 unspecified atom stereocenters. The molecule has 100 valence electrons. The first-order valence-corrected chi connectivity index (χ1v) is 6.30. The van der Waals surface area contributed by atoms with Gasteiger partial charge in [-0.3, -0.25) is 0 Å². The quantitative estimate of drug-likeness (QED) is 0.623. The second kappa shape index (κ2) is 5.26. The summed E-state index contributed by atoms with van der Waals surface area (Å²) < 4.78 is 37.0. The van der Waals surface area contributed by atoms with Crippen molar-refractivity contribution in [3.05, 3.63) is 42.2 Å². The molecule has 0 aliphatic rings. The van der Waals surface area contributed by atoms with E-state index in [0.29, 0.717) is 5.75 Å². The molecule has 18 heavy (non-hydrogen) atoms. The molecule has 0 heterocycles. The third-order valence-corrected chi connectivity index (χ3v) is 4.03. The number of thioether (sulfide) groups is 1. The first kappa shape index (κ1) is 15.0. The molecule has 0 aliphatic heterocycles. The van der Waals surface area contributed by atoms with E-state index >= 15 is 0 Å². The minimum atomic E-state index is -4.30. The number of rotatable bonds is 4. The topological polar surface area (TPSA) is 20.2 Å². The summed E-state index contributed by atoms with van der Waals surface area (Å²) in [5.41, 5.74) is -1.12. The molecule has 1 nitrogen and oxygen atoms in total. The molecule has 0 saturated heterocycles.